The van der Waals surface area contributed by atoms with Gasteiger partial charge in [0.15, 0.2) is 0 Å². The van der Waals surface area contributed by atoms with Crippen molar-refractivity contribution in [3.05, 3.63) is 64.1 Å². The van der Waals surface area contributed by atoms with E-state index < -0.39 is 0 Å². The lowest BCUT2D eigenvalue weighted by Crippen LogP contribution is -2.23. The number of nitrogens with zero attached hydrogens (tertiary/aromatic N) is 3. The minimum Gasteiger partial charge on any atom is -0.462 e. The Morgan fingerprint density at radius 2 is 2.14 bits per heavy atom. The number of ether oxygens (including phenoxy) is 1. The zero-order chi connectivity index (χ0) is 20.2. The third-order valence-electron chi connectivity index (χ3n) is 4.75. The average molecular weight is 410 g/mol. The molecule has 29 heavy (non-hydrogen) atoms. The Labute approximate surface area is 172 Å². The SMILES string of the molecule is CCOC(=O)c1cnn(-c2nc3ccccc3[nH]2)c1CN[C@H](CC)c1cccs1. The second kappa shape index (κ2) is 8.59. The van der Waals surface area contributed by atoms with Crippen molar-refractivity contribution in [3.8, 4) is 5.95 Å². The van der Waals surface area contributed by atoms with E-state index in [1.54, 1.807) is 29.1 Å². The Kier molecular flexibility index (Phi) is 5.73. The topological polar surface area (TPSA) is 84.8 Å². The lowest BCUT2D eigenvalue weighted by atomic mass is 10.1. The van der Waals surface area contributed by atoms with Crippen molar-refractivity contribution in [1.82, 2.24) is 25.1 Å². The Hall–Kier alpha value is -2.97. The van der Waals surface area contributed by atoms with Crippen molar-refractivity contribution in [2.75, 3.05) is 6.61 Å². The maximum Gasteiger partial charge on any atom is 0.341 e. The van der Waals surface area contributed by atoms with Crippen LogP contribution in [0.3, 0.4) is 0 Å². The van der Waals surface area contributed by atoms with Crippen LogP contribution in [0.25, 0.3) is 17.0 Å². The van der Waals surface area contributed by atoms with Crippen LogP contribution in [0.5, 0.6) is 0 Å². The van der Waals surface area contributed by atoms with Gasteiger partial charge in [-0.1, -0.05) is 25.1 Å². The lowest BCUT2D eigenvalue weighted by molar-refractivity contribution is 0.0524. The number of hydrogen-bond donors (Lipinski definition) is 2. The van der Waals surface area contributed by atoms with Gasteiger partial charge in [0.2, 0.25) is 5.95 Å². The maximum atomic E-state index is 12.5. The molecule has 0 saturated heterocycles. The third-order valence-corrected chi connectivity index (χ3v) is 5.74. The minimum absolute atomic E-state index is 0.198. The molecule has 0 bridgehead atoms. The van der Waals surface area contributed by atoms with Crippen molar-refractivity contribution in [2.24, 2.45) is 0 Å². The lowest BCUT2D eigenvalue weighted by Gasteiger charge is -2.16. The molecule has 4 aromatic rings. The predicted octanol–water partition coefficient (Wildman–Crippen LogP) is 4.23. The number of thiophene rings is 1. The fourth-order valence-corrected chi connectivity index (χ4v) is 4.19. The number of aromatic nitrogens is 4. The van der Waals surface area contributed by atoms with Gasteiger partial charge in [-0.15, -0.1) is 11.3 Å². The quantitative estimate of drug-likeness (QED) is 0.426. The molecule has 0 saturated carbocycles. The summed E-state index contributed by atoms with van der Waals surface area (Å²) in [5.41, 5.74) is 2.93. The van der Waals surface area contributed by atoms with Crippen LogP contribution in [0.1, 0.15) is 47.2 Å². The van der Waals surface area contributed by atoms with Crippen LogP contribution in [0.4, 0.5) is 0 Å². The highest BCUT2D eigenvalue weighted by Gasteiger charge is 2.22. The van der Waals surface area contributed by atoms with Gasteiger partial charge in [0.05, 0.1) is 29.5 Å². The van der Waals surface area contributed by atoms with Crippen LogP contribution < -0.4 is 5.32 Å². The molecule has 3 heterocycles. The van der Waals surface area contributed by atoms with E-state index in [2.05, 4.69) is 38.8 Å². The summed E-state index contributed by atoms with van der Waals surface area (Å²) in [7, 11) is 0. The van der Waals surface area contributed by atoms with Crippen molar-refractivity contribution < 1.29 is 9.53 Å². The summed E-state index contributed by atoms with van der Waals surface area (Å²) in [6.07, 6.45) is 2.49. The van der Waals surface area contributed by atoms with Gasteiger partial charge in [-0.05, 0) is 36.9 Å². The van der Waals surface area contributed by atoms with Gasteiger partial charge in [-0.2, -0.15) is 5.10 Å². The molecule has 0 spiro atoms. The van der Waals surface area contributed by atoms with E-state index in [1.165, 1.54) is 4.88 Å². The number of para-hydroxylation sites is 2. The molecule has 8 heteroatoms. The number of aromatic amines is 1. The number of H-pyrrole nitrogens is 1. The molecule has 150 valence electrons. The molecule has 0 aliphatic rings. The van der Waals surface area contributed by atoms with E-state index in [0.29, 0.717) is 24.7 Å². The van der Waals surface area contributed by atoms with Crippen molar-refractivity contribution in [1.29, 1.82) is 0 Å². The second-order valence-corrected chi connectivity index (χ2v) is 7.55. The van der Waals surface area contributed by atoms with Gasteiger partial charge in [-0.25, -0.2) is 14.5 Å². The number of benzene rings is 1. The molecule has 0 aliphatic heterocycles. The van der Waals surface area contributed by atoms with Crippen LogP contribution in [-0.2, 0) is 11.3 Å². The molecule has 7 nitrogen and oxygen atoms in total. The monoisotopic (exact) mass is 409 g/mol. The Morgan fingerprint density at radius 1 is 1.28 bits per heavy atom. The first-order chi connectivity index (χ1) is 14.2. The first kappa shape index (κ1) is 19.4. The molecule has 3 aromatic heterocycles. The van der Waals surface area contributed by atoms with Gasteiger partial charge in [0.1, 0.15) is 5.56 Å². The maximum absolute atomic E-state index is 12.5. The van der Waals surface area contributed by atoms with Gasteiger partial charge in [0.25, 0.3) is 0 Å². The fraction of sp³-hybridized carbons (Fsp3) is 0.286. The van der Waals surface area contributed by atoms with Crippen LogP contribution in [-0.4, -0.2) is 32.3 Å². The largest absolute Gasteiger partial charge is 0.462 e. The van der Waals surface area contributed by atoms with Crippen LogP contribution in [0.15, 0.2) is 48.0 Å². The molecular weight excluding hydrogens is 386 g/mol. The summed E-state index contributed by atoms with van der Waals surface area (Å²) < 4.78 is 6.91. The van der Waals surface area contributed by atoms with E-state index in [-0.39, 0.29) is 12.0 Å². The molecule has 0 radical (unpaired) electrons. The number of imidazole rings is 1. The van der Waals surface area contributed by atoms with E-state index in [9.17, 15) is 4.79 Å². The Bertz CT molecular complexity index is 1070. The van der Waals surface area contributed by atoms with Crippen LogP contribution in [0, 0.1) is 0 Å². The van der Waals surface area contributed by atoms with Crippen molar-refractivity contribution >= 4 is 28.3 Å². The van der Waals surface area contributed by atoms with E-state index in [0.717, 1.165) is 23.1 Å². The standard InChI is InChI=1S/C21H23N5O2S/c1-3-15(19-10-7-11-29-19)22-13-18-14(20(27)28-4-2)12-23-26(18)21-24-16-8-5-6-9-17(16)25-21/h5-12,15,22H,3-4,13H2,1-2H3,(H,24,25)/t15-/m1/s1. The average Bonchev–Trinajstić information content (AvgIpc) is 3.47. The number of carbonyl (C=O) groups excluding carboxylic acids is 1. The number of hydrogen-bond acceptors (Lipinski definition) is 6. The van der Waals surface area contributed by atoms with Crippen LogP contribution in [0.2, 0.25) is 0 Å². The molecule has 1 atom stereocenters. The molecule has 4 rings (SSSR count). The highest BCUT2D eigenvalue weighted by Crippen LogP contribution is 2.23. The molecule has 0 aliphatic carbocycles. The normalized spacial score (nSPS) is 12.3. The zero-order valence-electron chi connectivity index (χ0n) is 16.4. The van der Waals surface area contributed by atoms with Gasteiger partial charge >= 0.3 is 5.97 Å². The first-order valence-corrected chi connectivity index (χ1v) is 10.5. The fourth-order valence-electron chi connectivity index (χ4n) is 3.30. The van der Waals surface area contributed by atoms with Crippen LogP contribution >= 0.6 is 11.3 Å². The number of carbonyl (C=O) groups is 1. The highest BCUT2D eigenvalue weighted by atomic mass is 32.1. The smallest absolute Gasteiger partial charge is 0.341 e. The van der Waals surface area contributed by atoms with Gasteiger partial charge < -0.3 is 15.0 Å². The molecule has 1 aromatic carbocycles. The van der Waals surface area contributed by atoms with E-state index in [1.807, 2.05) is 30.3 Å². The van der Waals surface area contributed by atoms with E-state index in [4.69, 9.17) is 4.74 Å². The predicted molar refractivity (Wildman–Crippen MR) is 113 cm³/mol. The molecular formula is C21H23N5O2S. The number of nitrogens with one attached hydrogen (secondary N) is 2. The summed E-state index contributed by atoms with van der Waals surface area (Å²) in [5, 5.41) is 10.1. The Morgan fingerprint density at radius 3 is 2.86 bits per heavy atom. The third kappa shape index (κ3) is 3.94. The number of rotatable bonds is 8. The van der Waals surface area contributed by atoms with Crippen molar-refractivity contribution in [3.63, 3.8) is 0 Å². The number of esters is 1. The van der Waals surface area contributed by atoms with Gasteiger partial charge in [-0.3, -0.25) is 0 Å². The highest BCUT2D eigenvalue weighted by molar-refractivity contribution is 7.10. The molecule has 0 fully saturated rings. The molecule has 0 unspecified atom stereocenters. The Balaban J connectivity index is 1.69. The number of fused-ring (bicyclic) bond motifs is 1. The molecule has 2 N–H and O–H groups in total. The summed E-state index contributed by atoms with van der Waals surface area (Å²) >= 11 is 1.72. The summed E-state index contributed by atoms with van der Waals surface area (Å²) in [6, 6.07) is 12.2. The van der Waals surface area contributed by atoms with E-state index >= 15 is 0 Å². The zero-order valence-corrected chi connectivity index (χ0v) is 17.2. The summed E-state index contributed by atoms with van der Waals surface area (Å²) in [5.74, 6) is 0.193. The first-order valence-electron chi connectivity index (χ1n) is 9.67. The summed E-state index contributed by atoms with van der Waals surface area (Å²) in [4.78, 5) is 21.7. The molecule has 0 amide bonds. The second-order valence-electron chi connectivity index (χ2n) is 6.57. The van der Waals surface area contributed by atoms with Crippen molar-refractivity contribution in [2.45, 2.75) is 32.9 Å². The summed E-state index contributed by atoms with van der Waals surface area (Å²) in [6.45, 7) is 4.71. The minimum atomic E-state index is -0.379. The van der Waals surface area contributed by atoms with Gasteiger partial charge in [0, 0.05) is 17.5 Å².